The molecule has 0 radical (unpaired) electrons. The summed E-state index contributed by atoms with van der Waals surface area (Å²) in [6.07, 6.45) is 0. The second kappa shape index (κ2) is 5.32. The van der Waals surface area contributed by atoms with E-state index in [9.17, 15) is 0 Å². The van der Waals surface area contributed by atoms with E-state index in [0.717, 1.165) is 23.1 Å². The smallest absolute Gasteiger partial charge is 0.0808 e. The predicted octanol–water partition coefficient (Wildman–Crippen LogP) is 3.86. The molecule has 1 fully saturated rings. The number of nitrogens with two attached hydrogens (primary N) is 1. The Morgan fingerprint density at radius 1 is 1.20 bits per heavy atom. The van der Waals surface area contributed by atoms with Gasteiger partial charge in [-0.2, -0.15) is 0 Å². The maximum atomic E-state index is 6.14. The van der Waals surface area contributed by atoms with E-state index in [1.165, 1.54) is 5.69 Å². The summed E-state index contributed by atoms with van der Waals surface area (Å²) in [5.41, 5.74) is 7.99. The monoisotopic (exact) mass is 340 g/mol. The number of halogens is 1. The van der Waals surface area contributed by atoms with Crippen LogP contribution in [0.1, 0.15) is 46.2 Å². The number of rotatable bonds is 2. The lowest BCUT2D eigenvalue weighted by molar-refractivity contribution is -0.133. The molecule has 1 saturated heterocycles. The van der Waals surface area contributed by atoms with E-state index in [1.807, 2.05) is 6.92 Å². The van der Waals surface area contributed by atoms with Gasteiger partial charge in [0.05, 0.1) is 16.9 Å². The highest BCUT2D eigenvalue weighted by Gasteiger charge is 2.38. The molecule has 2 N–H and O–H groups in total. The molecule has 3 nitrogen and oxygen atoms in total. The van der Waals surface area contributed by atoms with E-state index in [1.54, 1.807) is 0 Å². The topological polar surface area (TPSA) is 38.5 Å². The maximum Gasteiger partial charge on any atom is 0.0808 e. The van der Waals surface area contributed by atoms with Crippen LogP contribution in [0.2, 0.25) is 0 Å². The van der Waals surface area contributed by atoms with Gasteiger partial charge in [-0.3, -0.25) is 0 Å². The standard InChI is InChI=1S/C16H25BrN2O/c1-11(18)12-6-7-14(13(17)8-12)19-9-15(2,3)20-16(4,5)10-19/h6-8,11H,9-10,18H2,1-5H3/t11-/m1/s1. The van der Waals surface area contributed by atoms with E-state index in [2.05, 4.69) is 66.7 Å². The highest BCUT2D eigenvalue weighted by Crippen LogP contribution is 2.35. The fourth-order valence-corrected chi connectivity index (χ4v) is 3.67. The number of anilines is 1. The summed E-state index contributed by atoms with van der Waals surface area (Å²) < 4.78 is 7.24. The van der Waals surface area contributed by atoms with Gasteiger partial charge in [0.2, 0.25) is 0 Å². The van der Waals surface area contributed by atoms with Crippen molar-refractivity contribution in [1.29, 1.82) is 0 Å². The average Bonchev–Trinajstić information content (AvgIpc) is 2.24. The Bertz CT molecular complexity index is 481. The van der Waals surface area contributed by atoms with Crippen molar-refractivity contribution in [3.05, 3.63) is 28.2 Å². The number of nitrogens with zero attached hydrogens (tertiary/aromatic N) is 1. The molecule has 1 aliphatic rings. The van der Waals surface area contributed by atoms with Crippen molar-refractivity contribution in [2.75, 3.05) is 18.0 Å². The molecule has 0 spiro atoms. The zero-order valence-corrected chi connectivity index (χ0v) is 14.6. The SMILES string of the molecule is C[C@@H](N)c1ccc(N2CC(C)(C)OC(C)(C)C2)c(Br)c1. The fourth-order valence-electron chi connectivity index (χ4n) is 3.02. The second-order valence-electron chi connectivity index (χ2n) is 6.98. The van der Waals surface area contributed by atoms with Gasteiger partial charge >= 0.3 is 0 Å². The normalized spacial score (nSPS) is 22.6. The van der Waals surface area contributed by atoms with Crippen molar-refractivity contribution >= 4 is 21.6 Å². The summed E-state index contributed by atoms with van der Waals surface area (Å²) >= 11 is 3.69. The molecule has 2 rings (SSSR count). The van der Waals surface area contributed by atoms with E-state index in [0.29, 0.717) is 0 Å². The summed E-state index contributed by atoms with van der Waals surface area (Å²) in [6, 6.07) is 6.44. The first-order chi connectivity index (χ1) is 9.10. The molecule has 0 aliphatic carbocycles. The number of morpholine rings is 1. The predicted molar refractivity (Wildman–Crippen MR) is 88.2 cm³/mol. The van der Waals surface area contributed by atoms with Crippen LogP contribution in [-0.2, 0) is 4.74 Å². The number of hydrogen-bond donors (Lipinski definition) is 1. The summed E-state index contributed by atoms with van der Waals surface area (Å²) in [4.78, 5) is 2.39. The highest BCUT2D eigenvalue weighted by molar-refractivity contribution is 9.10. The van der Waals surface area contributed by atoms with Crippen LogP contribution in [0.4, 0.5) is 5.69 Å². The Balaban J connectivity index is 2.31. The molecule has 0 saturated carbocycles. The minimum atomic E-state index is -0.152. The summed E-state index contributed by atoms with van der Waals surface area (Å²) in [7, 11) is 0. The lowest BCUT2D eigenvalue weighted by Gasteiger charge is -2.48. The Kier molecular flexibility index (Phi) is 4.20. The van der Waals surface area contributed by atoms with Gasteiger partial charge < -0.3 is 15.4 Å². The van der Waals surface area contributed by atoms with Crippen LogP contribution in [0, 0.1) is 0 Å². The van der Waals surface area contributed by atoms with Gasteiger partial charge in [0.25, 0.3) is 0 Å². The van der Waals surface area contributed by atoms with Gasteiger partial charge in [0.1, 0.15) is 0 Å². The van der Waals surface area contributed by atoms with Crippen LogP contribution in [0.15, 0.2) is 22.7 Å². The first-order valence-electron chi connectivity index (χ1n) is 7.10. The van der Waals surface area contributed by atoms with E-state index in [4.69, 9.17) is 10.5 Å². The van der Waals surface area contributed by atoms with Gasteiger partial charge in [-0.15, -0.1) is 0 Å². The Morgan fingerprint density at radius 3 is 2.20 bits per heavy atom. The molecule has 1 aromatic rings. The van der Waals surface area contributed by atoms with Gasteiger partial charge in [-0.1, -0.05) is 6.07 Å². The second-order valence-corrected chi connectivity index (χ2v) is 7.83. The number of hydrogen-bond acceptors (Lipinski definition) is 3. The van der Waals surface area contributed by atoms with E-state index in [-0.39, 0.29) is 17.2 Å². The molecule has 0 amide bonds. The molecule has 0 unspecified atom stereocenters. The Morgan fingerprint density at radius 2 is 1.75 bits per heavy atom. The van der Waals surface area contributed by atoms with Crippen LogP contribution in [0.3, 0.4) is 0 Å². The molecule has 4 heteroatoms. The minimum Gasteiger partial charge on any atom is -0.366 e. The number of benzene rings is 1. The van der Waals surface area contributed by atoms with Crippen molar-refractivity contribution < 1.29 is 4.74 Å². The third kappa shape index (κ3) is 3.54. The van der Waals surface area contributed by atoms with Crippen LogP contribution >= 0.6 is 15.9 Å². The molecule has 1 aliphatic heterocycles. The quantitative estimate of drug-likeness (QED) is 0.888. The molecular formula is C16H25BrN2O. The third-order valence-electron chi connectivity index (χ3n) is 3.53. The van der Waals surface area contributed by atoms with Gasteiger partial charge in [0.15, 0.2) is 0 Å². The molecule has 112 valence electrons. The third-order valence-corrected chi connectivity index (χ3v) is 4.17. The average molecular weight is 341 g/mol. The van der Waals surface area contributed by atoms with Crippen LogP contribution in [0.5, 0.6) is 0 Å². The highest BCUT2D eigenvalue weighted by atomic mass is 79.9. The largest absolute Gasteiger partial charge is 0.366 e. The molecule has 1 aromatic carbocycles. The number of ether oxygens (including phenoxy) is 1. The van der Waals surface area contributed by atoms with Crippen LogP contribution < -0.4 is 10.6 Å². The molecule has 1 atom stereocenters. The van der Waals surface area contributed by atoms with Crippen molar-refractivity contribution in [1.82, 2.24) is 0 Å². The summed E-state index contributed by atoms with van der Waals surface area (Å²) in [5, 5.41) is 0. The molecular weight excluding hydrogens is 316 g/mol. The van der Waals surface area contributed by atoms with E-state index >= 15 is 0 Å². The fraction of sp³-hybridized carbons (Fsp3) is 0.625. The van der Waals surface area contributed by atoms with Gasteiger partial charge in [0, 0.05) is 23.6 Å². The molecule has 0 bridgehead atoms. The van der Waals surface area contributed by atoms with Crippen molar-refractivity contribution in [2.24, 2.45) is 5.73 Å². The van der Waals surface area contributed by atoms with Crippen molar-refractivity contribution in [2.45, 2.75) is 51.9 Å². The molecule has 0 aromatic heterocycles. The van der Waals surface area contributed by atoms with Gasteiger partial charge in [-0.25, -0.2) is 0 Å². The Labute approximate surface area is 130 Å². The maximum absolute atomic E-state index is 6.14. The zero-order chi connectivity index (χ0) is 15.1. The summed E-state index contributed by atoms with van der Waals surface area (Å²) in [6.45, 7) is 12.3. The van der Waals surface area contributed by atoms with Crippen LogP contribution in [-0.4, -0.2) is 24.3 Å². The molecule has 1 heterocycles. The molecule has 20 heavy (non-hydrogen) atoms. The minimum absolute atomic E-state index is 0.0536. The first kappa shape index (κ1) is 15.8. The Hall–Kier alpha value is -0.580. The zero-order valence-electron chi connectivity index (χ0n) is 13.0. The lowest BCUT2D eigenvalue weighted by Crippen LogP contribution is -2.57. The lowest BCUT2D eigenvalue weighted by atomic mass is 9.98. The van der Waals surface area contributed by atoms with Crippen molar-refractivity contribution in [3.8, 4) is 0 Å². The van der Waals surface area contributed by atoms with Crippen LogP contribution in [0.25, 0.3) is 0 Å². The first-order valence-corrected chi connectivity index (χ1v) is 7.89. The van der Waals surface area contributed by atoms with Crippen molar-refractivity contribution in [3.63, 3.8) is 0 Å². The van der Waals surface area contributed by atoms with E-state index < -0.39 is 0 Å². The summed E-state index contributed by atoms with van der Waals surface area (Å²) in [5.74, 6) is 0. The van der Waals surface area contributed by atoms with Gasteiger partial charge in [-0.05, 0) is 68.2 Å².